The molecule has 0 saturated heterocycles. The number of nitrogens with one attached hydrogen (secondary N) is 1. The topological polar surface area (TPSA) is 47.6 Å². The summed E-state index contributed by atoms with van der Waals surface area (Å²) in [6.07, 6.45) is 0. The molecule has 2 aromatic carbocycles. The molecule has 0 heterocycles. The lowest BCUT2D eigenvalue weighted by Gasteiger charge is -2.28. The fourth-order valence-electron chi connectivity index (χ4n) is 2.23. The summed E-state index contributed by atoms with van der Waals surface area (Å²) in [6, 6.07) is 15.2. The van der Waals surface area contributed by atoms with Crippen LogP contribution >= 0.6 is 7.60 Å². The van der Waals surface area contributed by atoms with Gasteiger partial charge in [0, 0.05) is 5.69 Å². The SMILES string of the molecule is CCOP(=O)(OCC)[C@@H](Nc1ccc(F)cc1)c1ccccc1. The Labute approximate surface area is 136 Å². The minimum atomic E-state index is -3.43. The van der Waals surface area contributed by atoms with E-state index < -0.39 is 13.4 Å². The fraction of sp³-hybridized carbons (Fsp3) is 0.294. The number of hydrogen-bond acceptors (Lipinski definition) is 4. The Morgan fingerprint density at radius 2 is 1.57 bits per heavy atom. The zero-order valence-corrected chi connectivity index (χ0v) is 14.1. The third-order valence-electron chi connectivity index (χ3n) is 3.20. The average molecular weight is 337 g/mol. The van der Waals surface area contributed by atoms with Gasteiger partial charge in [-0.05, 0) is 43.7 Å². The van der Waals surface area contributed by atoms with Crippen LogP contribution in [0.5, 0.6) is 0 Å². The van der Waals surface area contributed by atoms with E-state index in [1.807, 2.05) is 30.3 Å². The molecule has 0 aliphatic carbocycles. The number of benzene rings is 2. The highest BCUT2D eigenvalue weighted by molar-refractivity contribution is 7.54. The van der Waals surface area contributed by atoms with Crippen LogP contribution in [0, 0.1) is 5.82 Å². The lowest BCUT2D eigenvalue weighted by Crippen LogP contribution is -2.15. The molecule has 2 rings (SSSR count). The molecule has 0 fully saturated rings. The lowest BCUT2D eigenvalue weighted by atomic mass is 10.2. The number of hydrogen-bond donors (Lipinski definition) is 1. The second kappa shape index (κ2) is 8.25. The summed E-state index contributed by atoms with van der Waals surface area (Å²) in [6.45, 7) is 4.08. The average Bonchev–Trinajstić information content (AvgIpc) is 2.55. The highest BCUT2D eigenvalue weighted by atomic mass is 31.2. The summed E-state index contributed by atoms with van der Waals surface area (Å²) >= 11 is 0. The van der Waals surface area contributed by atoms with Crippen molar-refractivity contribution in [3.05, 3.63) is 66.0 Å². The molecule has 0 radical (unpaired) electrons. The summed E-state index contributed by atoms with van der Waals surface area (Å²) in [7, 11) is -3.43. The fourth-order valence-corrected chi connectivity index (χ4v) is 4.17. The minimum Gasteiger partial charge on any atom is -0.368 e. The summed E-state index contributed by atoms with van der Waals surface area (Å²) in [5.41, 5.74) is 1.42. The van der Waals surface area contributed by atoms with E-state index in [2.05, 4.69) is 5.32 Å². The molecule has 4 nitrogen and oxygen atoms in total. The van der Waals surface area contributed by atoms with Crippen LogP contribution in [-0.4, -0.2) is 13.2 Å². The van der Waals surface area contributed by atoms with Crippen molar-refractivity contribution in [2.45, 2.75) is 19.6 Å². The molecule has 0 bridgehead atoms. The molecule has 1 atom stereocenters. The van der Waals surface area contributed by atoms with Crippen molar-refractivity contribution < 1.29 is 18.0 Å². The van der Waals surface area contributed by atoms with Crippen LogP contribution in [0.4, 0.5) is 10.1 Å². The van der Waals surface area contributed by atoms with E-state index in [0.717, 1.165) is 5.56 Å². The molecule has 0 aliphatic heterocycles. The first-order chi connectivity index (χ1) is 11.1. The Bertz CT molecular complexity index is 639. The quantitative estimate of drug-likeness (QED) is 0.672. The van der Waals surface area contributed by atoms with Gasteiger partial charge in [0.1, 0.15) is 5.82 Å². The molecule has 0 unspecified atom stereocenters. The third kappa shape index (κ3) is 4.64. The van der Waals surface area contributed by atoms with Gasteiger partial charge in [0.2, 0.25) is 0 Å². The predicted molar refractivity (Wildman–Crippen MR) is 90.1 cm³/mol. The molecular weight excluding hydrogens is 316 g/mol. The van der Waals surface area contributed by atoms with E-state index >= 15 is 0 Å². The van der Waals surface area contributed by atoms with Crippen LogP contribution < -0.4 is 5.32 Å². The van der Waals surface area contributed by atoms with Gasteiger partial charge in [0.15, 0.2) is 5.78 Å². The maximum absolute atomic E-state index is 13.2. The summed E-state index contributed by atoms with van der Waals surface area (Å²) in [4.78, 5) is 0. The zero-order chi connectivity index (χ0) is 16.7. The zero-order valence-electron chi connectivity index (χ0n) is 13.2. The van der Waals surface area contributed by atoms with Crippen molar-refractivity contribution in [3.8, 4) is 0 Å². The largest absolute Gasteiger partial charge is 0.368 e. The second-order valence-electron chi connectivity index (χ2n) is 4.84. The standard InChI is InChI=1S/C17H21FNO3P/c1-3-21-23(20,22-4-2)17(14-8-6-5-7-9-14)19-16-12-10-15(18)11-13-16/h5-13,17,19H,3-4H2,1-2H3/t17-/m1/s1. The van der Waals surface area contributed by atoms with Crippen LogP contribution in [0.1, 0.15) is 25.2 Å². The van der Waals surface area contributed by atoms with Gasteiger partial charge >= 0.3 is 7.60 Å². The molecule has 0 aliphatic rings. The van der Waals surface area contributed by atoms with Crippen molar-refractivity contribution in [2.75, 3.05) is 18.5 Å². The first kappa shape index (κ1) is 17.7. The normalized spacial score (nSPS) is 12.8. The Kier molecular flexibility index (Phi) is 6.34. The van der Waals surface area contributed by atoms with Crippen molar-refractivity contribution in [1.29, 1.82) is 0 Å². The molecule has 1 N–H and O–H groups in total. The van der Waals surface area contributed by atoms with Gasteiger partial charge in [0.05, 0.1) is 13.2 Å². The third-order valence-corrected chi connectivity index (χ3v) is 5.49. The molecule has 23 heavy (non-hydrogen) atoms. The molecule has 0 amide bonds. The first-order valence-corrected chi connectivity index (χ1v) is 9.16. The van der Waals surface area contributed by atoms with Gasteiger partial charge < -0.3 is 14.4 Å². The van der Waals surface area contributed by atoms with Gasteiger partial charge in [-0.25, -0.2) is 4.39 Å². The van der Waals surface area contributed by atoms with Crippen molar-refractivity contribution in [3.63, 3.8) is 0 Å². The van der Waals surface area contributed by atoms with E-state index in [4.69, 9.17) is 9.05 Å². The summed E-state index contributed by atoms with van der Waals surface area (Å²) < 4.78 is 37.3. The summed E-state index contributed by atoms with van der Waals surface area (Å²) in [5, 5.41) is 3.15. The van der Waals surface area contributed by atoms with Crippen molar-refractivity contribution >= 4 is 13.3 Å². The van der Waals surface area contributed by atoms with Crippen LogP contribution in [0.3, 0.4) is 0 Å². The molecular formula is C17H21FNO3P. The van der Waals surface area contributed by atoms with Gasteiger partial charge in [0.25, 0.3) is 0 Å². The molecule has 0 spiro atoms. The van der Waals surface area contributed by atoms with E-state index in [1.165, 1.54) is 12.1 Å². The van der Waals surface area contributed by atoms with Crippen LogP contribution in [0.15, 0.2) is 54.6 Å². The maximum atomic E-state index is 13.2. The smallest absolute Gasteiger partial charge is 0.357 e. The van der Waals surface area contributed by atoms with Crippen molar-refractivity contribution in [2.24, 2.45) is 0 Å². The Morgan fingerprint density at radius 1 is 1.00 bits per heavy atom. The van der Waals surface area contributed by atoms with Crippen LogP contribution in [-0.2, 0) is 13.6 Å². The monoisotopic (exact) mass is 337 g/mol. The van der Waals surface area contributed by atoms with E-state index in [-0.39, 0.29) is 19.0 Å². The van der Waals surface area contributed by atoms with Crippen LogP contribution in [0.2, 0.25) is 0 Å². The molecule has 2 aromatic rings. The van der Waals surface area contributed by atoms with Gasteiger partial charge in [-0.15, -0.1) is 0 Å². The predicted octanol–water partition coefficient (Wildman–Crippen LogP) is 5.20. The highest BCUT2D eigenvalue weighted by Crippen LogP contribution is 2.60. The molecule has 0 aromatic heterocycles. The maximum Gasteiger partial charge on any atom is 0.357 e. The molecule has 124 valence electrons. The summed E-state index contributed by atoms with van der Waals surface area (Å²) in [5.74, 6) is -1.00. The van der Waals surface area contributed by atoms with Gasteiger partial charge in [-0.3, -0.25) is 4.57 Å². The van der Waals surface area contributed by atoms with Gasteiger partial charge in [-0.1, -0.05) is 30.3 Å². The van der Waals surface area contributed by atoms with Gasteiger partial charge in [-0.2, -0.15) is 0 Å². The van der Waals surface area contributed by atoms with Crippen molar-refractivity contribution in [1.82, 2.24) is 0 Å². The number of anilines is 1. The Hall–Kier alpha value is -1.68. The number of rotatable bonds is 8. The van der Waals surface area contributed by atoms with E-state index in [9.17, 15) is 8.96 Å². The lowest BCUT2D eigenvalue weighted by molar-refractivity contribution is 0.214. The highest BCUT2D eigenvalue weighted by Gasteiger charge is 2.36. The first-order valence-electron chi connectivity index (χ1n) is 7.55. The Balaban J connectivity index is 2.38. The van der Waals surface area contributed by atoms with Crippen LogP contribution in [0.25, 0.3) is 0 Å². The second-order valence-corrected chi connectivity index (χ2v) is 6.95. The van der Waals surface area contributed by atoms with E-state index in [0.29, 0.717) is 5.69 Å². The Morgan fingerprint density at radius 3 is 2.09 bits per heavy atom. The number of halogens is 1. The van der Waals surface area contributed by atoms with E-state index in [1.54, 1.807) is 26.0 Å². The molecule has 0 saturated carbocycles. The molecule has 6 heteroatoms. The minimum absolute atomic E-state index is 0.270.